The molecule has 1 fully saturated rings. The summed E-state index contributed by atoms with van der Waals surface area (Å²) in [6.07, 6.45) is 0.343. The van der Waals surface area contributed by atoms with Gasteiger partial charge in [-0.1, -0.05) is 72.5 Å². The number of ether oxygens (including phenoxy) is 1. The van der Waals surface area contributed by atoms with Crippen LogP contribution in [0.5, 0.6) is 5.75 Å². The van der Waals surface area contributed by atoms with Crippen LogP contribution in [0.3, 0.4) is 0 Å². The first kappa shape index (κ1) is 23.5. The molecule has 4 rings (SSSR count). The van der Waals surface area contributed by atoms with Gasteiger partial charge in [0.15, 0.2) is 4.34 Å². The maximum absolute atomic E-state index is 13.1. The van der Waals surface area contributed by atoms with Gasteiger partial charge >= 0.3 is 6.03 Å². The van der Waals surface area contributed by atoms with Crippen LogP contribution in [-0.2, 0) is 15.1 Å². The summed E-state index contributed by atoms with van der Waals surface area (Å²) in [5.74, 6) is -0.421. The topological polar surface area (TPSA) is 126 Å². The van der Waals surface area contributed by atoms with E-state index in [1.165, 1.54) is 11.3 Å². The van der Waals surface area contributed by atoms with Crippen molar-refractivity contribution in [2.24, 2.45) is 0 Å². The Bertz CT molecular complexity index is 1200. The van der Waals surface area contributed by atoms with Gasteiger partial charge in [-0.3, -0.25) is 15.0 Å². The number of methoxy groups -OCH3 is 1. The SMILES string of the molecule is CC[C@@]1(c2ccccc2)NC(=O)N(NC(=O)CSc2nnc(Nc3ccccc3OC)s2)C1=O. The van der Waals surface area contributed by atoms with Crippen LogP contribution in [0, 0.1) is 0 Å². The molecular formula is C22H22N6O4S2. The normalized spacial score (nSPS) is 17.4. The molecule has 0 spiro atoms. The summed E-state index contributed by atoms with van der Waals surface area (Å²) >= 11 is 2.42. The number of hydrazine groups is 1. The van der Waals surface area contributed by atoms with Gasteiger partial charge < -0.3 is 15.4 Å². The summed E-state index contributed by atoms with van der Waals surface area (Å²) in [6.45, 7) is 1.80. The number of nitrogens with one attached hydrogen (secondary N) is 3. The van der Waals surface area contributed by atoms with Gasteiger partial charge in [-0.05, 0) is 24.1 Å². The Hall–Kier alpha value is -3.64. The van der Waals surface area contributed by atoms with E-state index in [-0.39, 0.29) is 5.75 Å². The number of benzene rings is 2. The number of nitrogens with zero attached hydrogens (tertiary/aromatic N) is 3. The van der Waals surface area contributed by atoms with Gasteiger partial charge in [-0.15, -0.1) is 10.2 Å². The highest BCUT2D eigenvalue weighted by molar-refractivity contribution is 8.01. The monoisotopic (exact) mass is 498 g/mol. The third-order valence-corrected chi connectivity index (χ3v) is 7.18. The number of carbonyl (C=O) groups excluding carboxylic acids is 3. The van der Waals surface area contributed by atoms with Gasteiger partial charge in [0.1, 0.15) is 11.3 Å². The number of thioether (sulfide) groups is 1. The lowest BCUT2D eigenvalue weighted by molar-refractivity contribution is -0.138. The van der Waals surface area contributed by atoms with Gasteiger partial charge in [-0.25, -0.2) is 4.79 Å². The number of carbonyl (C=O) groups is 3. The van der Waals surface area contributed by atoms with E-state index in [2.05, 4.69) is 26.3 Å². The first-order chi connectivity index (χ1) is 16.5. The van der Waals surface area contributed by atoms with E-state index in [4.69, 9.17) is 4.74 Å². The number of hydrogen-bond donors (Lipinski definition) is 3. The van der Waals surface area contributed by atoms with Crippen LogP contribution in [-0.4, -0.2) is 45.9 Å². The van der Waals surface area contributed by atoms with Gasteiger partial charge in [-0.2, -0.15) is 5.01 Å². The molecule has 1 aliphatic rings. The quantitative estimate of drug-likeness (QED) is 0.303. The lowest BCUT2D eigenvalue weighted by atomic mass is 9.87. The van der Waals surface area contributed by atoms with E-state index in [1.54, 1.807) is 38.3 Å². The molecule has 0 saturated carbocycles. The fraction of sp³-hybridized carbons (Fsp3) is 0.227. The molecule has 1 aliphatic heterocycles. The molecule has 1 aromatic heterocycles. The van der Waals surface area contributed by atoms with Gasteiger partial charge in [0.05, 0.1) is 18.6 Å². The second kappa shape index (κ2) is 10.1. The molecule has 2 aromatic carbocycles. The smallest absolute Gasteiger partial charge is 0.344 e. The highest BCUT2D eigenvalue weighted by Gasteiger charge is 2.52. The van der Waals surface area contributed by atoms with E-state index in [9.17, 15) is 14.4 Å². The molecular weight excluding hydrogens is 476 g/mol. The zero-order valence-corrected chi connectivity index (χ0v) is 20.0. The Morgan fingerprint density at radius 2 is 1.88 bits per heavy atom. The summed E-state index contributed by atoms with van der Waals surface area (Å²) in [4.78, 5) is 38.1. The van der Waals surface area contributed by atoms with E-state index in [1.807, 2.05) is 30.3 Å². The Morgan fingerprint density at radius 1 is 1.15 bits per heavy atom. The lowest BCUT2D eigenvalue weighted by Gasteiger charge is -2.25. The minimum Gasteiger partial charge on any atom is -0.495 e. The Kier molecular flexibility index (Phi) is 6.98. The molecule has 12 heteroatoms. The summed E-state index contributed by atoms with van der Waals surface area (Å²) in [5, 5.41) is 15.3. The average Bonchev–Trinajstić information content (AvgIpc) is 3.41. The number of amides is 4. The molecule has 0 aliphatic carbocycles. The molecule has 3 N–H and O–H groups in total. The van der Waals surface area contributed by atoms with Crippen molar-refractivity contribution < 1.29 is 19.1 Å². The molecule has 176 valence electrons. The molecule has 34 heavy (non-hydrogen) atoms. The van der Waals surface area contributed by atoms with Crippen LogP contribution >= 0.6 is 23.1 Å². The van der Waals surface area contributed by atoms with Gasteiger partial charge in [0, 0.05) is 0 Å². The van der Waals surface area contributed by atoms with Crippen molar-refractivity contribution in [3.8, 4) is 5.75 Å². The molecule has 4 amide bonds. The Morgan fingerprint density at radius 3 is 2.62 bits per heavy atom. The molecule has 10 nitrogen and oxygen atoms in total. The van der Waals surface area contributed by atoms with Crippen molar-refractivity contribution in [3.05, 3.63) is 60.2 Å². The Balaban J connectivity index is 1.36. The largest absolute Gasteiger partial charge is 0.495 e. The number of rotatable bonds is 9. The van der Waals surface area contributed by atoms with Crippen molar-refractivity contribution >= 4 is 51.8 Å². The van der Waals surface area contributed by atoms with Crippen molar-refractivity contribution in [2.75, 3.05) is 18.2 Å². The molecule has 3 aromatic rings. The summed E-state index contributed by atoms with van der Waals surface area (Å²) in [5.41, 5.74) is 2.59. The summed E-state index contributed by atoms with van der Waals surface area (Å²) in [7, 11) is 1.58. The van der Waals surface area contributed by atoms with E-state index in [0.29, 0.717) is 27.2 Å². The van der Waals surface area contributed by atoms with Crippen LogP contribution < -0.4 is 20.8 Å². The molecule has 0 radical (unpaired) electrons. The fourth-order valence-corrected chi connectivity index (χ4v) is 5.06. The van der Waals surface area contributed by atoms with Crippen LogP contribution in [0.1, 0.15) is 18.9 Å². The van der Waals surface area contributed by atoms with Crippen LogP contribution in [0.2, 0.25) is 0 Å². The summed E-state index contributed by atoms with van der Waals surface area (Å²) < 4.78 is 5.86. The maximum Gasteiger partial charge on any atom is 0.344 e. The van der Waals surface area contributed by atoms with E-state index < -0.39 is 23.4 Å². The highest BCUT2D eigenvalue weighted by atomic mass is 32.2. The zero-order chi connectivity index (χ0) is 24.1. The number of hydrogen-bond acceptors (Lipinski definition) is 9. The average molecular weight is 499 g/mol. The highest BCUT2D eigenvalue weighted by Crippen LogP contribution is 2.33. The molecule has 0 bridgehead atoms. The zero-order valence-electron chi connectivity index (χ0n) is 18.4. The minimum absolute atomic E-state index is 0.0508. The molecule has 2 heterocycles. The number of imide groups is 1. The second-order valence-electron chi connectivity index (χ2n) is 7.22. The Labute approximate surface area is 204 Å². The first-order valence-corrected chi connectivity index (χ1v) is 12.1. The lowest BCUT2D eigenvalue weighted by Crippen LogP contribution is -2.49. The first-order valence-electron chi connectivity index (χ1n) is 10.3. The molecule has 1 atom stereocenters. The van der Waals surface area contributed by atoms with E-state index >= 15 is 0 Å². The number of anilines is 2. The standard InChI is InChI=1S/C22H22N6O4S2/c1-3-22(14-9-5-4-6-10-14)18(30)28(20(31)24-22)27-17(29)13-33-21-26-25-19(34-21)23-15-11-7-8-12-16(15)32-2/h4-12H,3,13H2,1-2H3,(H,23,25)(H,24,31)(H,27,29)/t22-/m0/s1. The maximum atomic E-state index is 13.1. The number of urea groups is 1. The van der Waals surface area contributed by atoms with Gasteiger partial charge in [0.2, 0.25) is 11.0 Å². The second-order valence-corrected chi connectivity index (χ2v) is 9.42. The third kappa shape index (κ3) is 4.68. The molecule has 1 saturated heterocycles. The summed E-state index contributed by atoms with van der Waals surface area (Å²) in [6, 6.07) is 15.7. The number of para-hydroxylation sites is 2. The van der Waals surface area contributed by atoms with Crippen LogP contribution in [0.15, 0.2) is 58.9 Å². The van der Waals surface area contributed by atoms with Crippen LogP contribution in [0.25, 0.3) is 0 Å². The van der Waals surface area contributed by atoms with Crippen LogP contribution in [0.4, 0.5) is 15.6 Å². The molecule has 0 unspecified atom stereocenters. The minimum atomic E-state index is -1.21. The van der Waals surface area contributed by atoms with Crippen molar-refractivity contribution in [3.63, 3.8) is 0 Å². The number of aromatic nitrogens is 2. The predicted molar refractivity (Wildman–Crippen MR) is 129 cm³/mol. The van der Waals surface area contributed by atoms with Crippen molar-refractivity contribution in [2.45, 2.75) is 23.2 Å². The van der Waals surface area contributed by atoms with Crippen molar-refractivity contribution in [1.82, 2.24) is 25.9 Å². The van der Waals surface area contributed by atoms with Crippen molar-refractivity contribution in [1.29, 1.82) is 0 Å². The van der Waals surface area contributed by atoms with Gasteiger partial charge in [0.25, 0.3) is 5.91 Å². The predicted octanol–water partition coefficient (Wildman–Crippen LogP) is 3.27. The fourth-order valence-electron chi connectivity index (χ4n) is 3.50. The third-order valence-electron chi connectivity index (χ3n) is 5.21. The van der Waals surface area contributed by atoms with E-state index in [0.717, 1.165) is 22.5 Å².